The molecule has 2 heterocycles. The second-order valence-corrected chi connectivity index (χ2v) is 11.0. The minimum Gasteiger partial charge on any atom is -0.350 e. The van der Waals surface area contributed by atoms with Gasteiger partial charge in [0.25, 0.3) is 0 Å². The van der Waals surface area contributed by atoms with Crippen LogP contribution in [0.1, 0.15) is 51.3 Å². The van der Waals surface area contributed by atoms with Gasteiger partial charge in [0.05, 0.1) is 17.6 Å². The molecule has 1 aliphatic carbocycles. The van der Waals surface area contributed by atoms with Crippen molar-refractivity contribution in [1.29, 1.82) is 0 Å². The van der Waals surface area contributed by atoms with E-state index in [1.807, 2.05) is 16.7 Å². The number of nitrogens with one attached hydrogen (secondary N) is 2. The van der Waals surface area contributed by atoms with Crippen LogP contribution >= 0.6 is 11.6 Å². The highest BCUT2D eigenvalue weighted by atomic mass is 35.5. The van der Waals surface area contributed by atoms with Gasteiger partial charge in [-0.3, -0.25) is 9.59 Å². The molecule has 1 aromatic heterocycles. The molecule has 3 aromatic rings. The predicted molar refractivity (Wildman–Crippen MR) is 160 cm³/mol. The summed E-state index contributed by atoms with van der Waals surface area (Å²) in [7, 11) is 0. The highest BCUT2D eigenvalue weighted by molar-refractivity contribution is 6.30. The first-order chi connectivity index (χ1) is 20.3. The molecule has 1 aliphatic heterocycles. The van der Waals surface area contributed by atoms with Crippen LogP contribution in [0.15, 0.2) is 66.3 Å². The smallest absolute Gasteiger partial charge is 0.223 e. The molecule has 220 valence electrons. The van der Waals surface area contributed by atoms with Gasteiger partial charge in [-0.15, -0.1) is 0 Å². The number of carbonyl (C=O) groups is 2. The summed E-state index contributed by atoms with van der Waals surface area (Å²) in [5.74, 6) is 0.396. The summed E-state index contributed by atoms with van der Waals surface area (Å²) in [6.07, 6.45) is 10.2. The number of anilines is 2. The molecule has 5 rings (SSSR count). The maximum atomic E-state index is 14.2. The molecule has 2 N–H and O–H groups in total. The quantitative estimate of drug-likeness (QED) is 0.268. The molecule has 0 spiro atoms. The van der Waals surface area contributed by atoms with E-state index >= 15 is 0 Å². The third kappa shape index (κ3) is 7.07. The highest BCUT2D eigenvalue weighted by Gasteiger charge is 2.27. The Balaban J connectivity index is 1.25. The zero-order valence-electron chi connectivity index (χ0n) is 23.5. The van der Waals surface area contributed by atoms with Gasteiger partial charge in [0.1, 0.15) is 29.0 Å². The molecule has 0 saturated heterocycles. The van der Waals surface area contributed by atoms with Crippen LogP contribution in [0.25, 0.3) is 11.3 Å². The SMILES string of the molecule is CCCCC(=O)NC1C=CC(CCC(=O)N2CCn3c(nc(-c4cccc(F)c4)c3Nc3ccc(Cl)c(F)c3)C2)=CC1. The monoisotopic (exact) mass is 593 g/mol. The number of hydrogen-bond donors (Lipinski definition) is 2. The first-order valence-corrected chi connectivity index (χ1v) is 14.7. The average molecular weight is 594 g/mol. The van der Waals surface area contributed by atoms with Crippen molar-refractivity contribution < 1.29 is 18.4 Å². The molecule has 0 saturated carbocycles. The normalized spacial score (nSPS) is 16.1. The van der Waals surface area contributed by atoms with Crippen molar-refractivity contribution in [2.45, 2.75) is 64.6 Å². The summed E-state index contributed by atoms with van der Waals surface area (Å²) in [5.41, 5.74) is 2.65. The molecule has 0 radical (unpaired) electrons. The number of rotatable bonds is 10. The molecule has 1 unspecified atom stereocenters. The van der Waals surface area contributed by atoms with Crippen molar-refractivity contribution in [3.63, 3.8) is 0 Å². The molecule has 42 heavy (non-hydrogen) atoms. The van der Waals surface area contributed by atoms with Crippen molar-refractivity contribution in [2.24, 2.45) is 0 Å². The summed E-state index contributed by atoms with van der Waals surface area (Å²) in [5, 5.41) is 6.29. The van der Waals surface area contributed by atoms with Crippen LogP contribution in [0.2, 0.25) is 5.02 Å². The van der Waals surface area contributed by atoms with Gasteiger partial charge >= 0.3 is 0 Å². The number of imidazole rings is 1. The lowest BCUT2D eigenvalue weighted by Gasteiger charge is -2.29. The Bertz CT molecular complexity index is 1530. The van der Waals surface area contributed by atoms with Crippen molar-refractivity contribution in [2.75, 3.05) is 11.9 Å². The number of nitrogens with zero attached hydrogens (tertiary/aromatic N) is 3. The number of allylic oxidation sites excluding steroid dienone is 2. The van der Waals surface area contributed by atoms with Gasteiger partial charge in [-0.2, -0.15) is 0 Å². The molecule has 7 nitrogen and oxygen atoms in total. The standard InChI is InChI=1S/C32H34ClF2N5O2/c1-2-3-7-29(41)36-24-11-8-21(9-12-24)10-15-30(42)39-16-17-40-28(20-39)38-31(22-5-4-6-23(34)18-22)32(40)37-25-13-14-26(33)27(35)19-25/h4-6,8-9,11,13-14,18-19,24,37H,2-3,7,10,12,15-17,20H2,1H3,(H,36,41). The van der Waals surface area contributed by atoms with Gasteiger partial charge < -0.3 is 20.1 Å². The summed E-state index contributed by atoms with van der Waals surface area (Å²) < 4.78 is 30.2. The number of hydrogen-bond acceptors (Lipinski definition) is 4. The highest BCUT2D eigenvalue weighted by Crippen LogP contribution is 2.34. The van der Waals surface area contributed by atoms with E-state index in [4.69, 9.17) is 16.6 Å². The molecular formula is C32H34ClF2N5O2. The van der Waals surface area contributed by atoms with E-state index < -0.39 is 11.6 Å². The van der Waals surface area contributed by atoms with Gasteiger partial charge in [0.15, 0.2) is 0 Å². The van der Waals surface area contributed by atoms with Crippen LogP contribution in [0, 0.1) is 11.6 Å². The van der Waals surface area contributed by atoms with E-state index in [2.05, 4.69) is 23.6 Å². The summed E-state index contributed by atoms with van der Waals surface area (Å²) in [6, 6.07) is 10.6. The number of aromatic nitrogens is 2. The molecule has 10 heteroatoms. The van der Waals surface area contributed by atoms with Crippen molar-refractivity contribution in [3.05, 3.63) is 88.7 Å². The Hall–Kier alpha value is -3.98. The third-order valence-corrected chi connectivity index (χ3v) is 7.82. The lowest BCUT2D eigenvalue weighted by molar-refractivity contribution is -0.132. The van der Waals surface area contributed by atoms with E-state index in [9.17, 15) is 18.4 Å². The Labute approximate surface area is 249 Å². The molecule has 1 atom stereocenters. The van der Waals surface area contributed by atoms with E-state index in [1.165, 1.54) is 24.3 Å². The van der Waals surface area contributed by atoms with E-state index in [0.29, 0.717) is 67.5 Å². The van der Waals surface area contributed by atoms with Gasteiger partial charge in [0.2, 0.25) is 11.8 Å². The zero-order valence-corrected chi connectivity index (χ0v) is 24.3. The molecule has 2 aliphatic rings. The van der Waals surface area contributed by atoms with Crippen LogP contribution in [-0.4, -0.2) is 38.9 Å². The van der Waals surface area contributed by atoms with Gasteiger partial charge in [-0.1, -0.05) is 60.9 Å². The van der Waals surface area contributed by atoms with Crippen LogP contribution in [0.5, 0.6) is 0 Å². The molecule has 0 fully saturated rings. The number of carbonyl (C=O) groups excluding carboxylic acids is 2. The van der Waals surface area contributed by atoms with Crippen LogP contribution in [0.4, 0.5) is 20.3 Å². The maximum Gasteiger partial charge on any atom is 0.223 e. The van der Waals surface area contributed by atoms with Gasteiger partial charge in [0, 0.05) is 37.2 Å². The van der Waals surface area contributed by atoms with E-state index in [0.717, 1.165) is 24.8 Å². The number of amides is 2. The Morgan fingerprint density at radius 1 is 1.12 bits per heavy atom. The fraction of sp³-hybridized carbons (Fsp3) is 0.344. The topological polar surface area (TPSA) is 79.3 Å². The Morgan fingerprint density at radius 3 is 2.71 bits per heavy atom. The fourth-order valence-electron chi connectivity index (χ4n) is 5.20. The second-order valence-electron chi connectivity index (χ2n) is 10.6. The lowest BCUT2D eigenvalue weighted by Crippen LogP contribution is -2.38. The number of fused-ring (bicyclic) bond motifs is 1. The first kappa shape index (κ1) is 29.5. The van der Waals surface area contributed by atoms with E-state index in [-0.39, 0.29) is 22.9 Å². The summed E-state index contributed by atoms with van der Waals surface area (Å²) >= 11 is 5.86. The lowest BCUT2D eigenvalue weighted by atomic mass is 9.99. The number of halogens is 3. The van der Waals surface area contributed by atoms with Crippen molar-refractivity contribution in [3.8, 4) is 11.3 Å². The van der Waals surface area contributed by atoms with E-state index in [1.54, 1.807) is 23.1 Å². The largest absolute Gasteiger partial charge is 0.350 e. The second kappa shape index (κ2) is 13.3. The summed E-state index contributed by atoms with van der Waals surface area (Å²) in [4.78, 5) is 31.8. The fourth-order valence-corrected chi connectivity index (χ4v) is 5.32. The zero-order chi connectivity index (χ0) is 29.6. The number of benzene rings is 2. The van der Waals surface area contributed by atoms with Crippen molar-refractivity contribution >= 4 is 34.9 Å². The van der Waals surface area contributed by atoms with Crippen LogP contribution in [0.3, 0.4) is 0 Å². The minimum absolute atomic E-state index is 0.00535. The maximum absolute atomic E-state index is 14.2. The van der Waals surface area contributed by atoms with Crippen LogP contribution in [-0.2, 0) is 22.7 Å². The minimum atomic E-state index is -0.556. The number of unbranched alkanes of at least 4 members (excludes halogenated alkanes) is 1. The Morgan fingerprint density at radius 2 is 1.98 bits per heavy atom. The van der Waals surface area contributed by atoms with Gasteiger partial charge in [-0.25, -0.2) is 13.8 Å². The predicted octanol–water partition coefficient (Wildman–Crippen LogP) is 6.91. The first-order valence-electron chi connectivity index (χ1n) is 14.3. The van der Waals surface area contributed by atoms with Crippen molar-refractivity contribution in [1.82, 2.24) is 19.8 Å². The summed E-state index contributed by atoms with van der Waals surface area (Å²) in [6.45, 7) is 3.32. The van der Waals surface area contributed by atoms with Gasteiger partial charge in [-0.05, 0) is 49.6 Å². The molecule has 0 bridgehead atoms. The third-order valence-electron chi connectivity index (χ3n) is 7.51. The molecule has 2 aromatic carbocycles. The molecule has 2 amide bonds. The van der Waals surface area contributed by atoms with Crippen LogP contribution < -0.4 is 10.6 Å². The molecular weight excluding hydrogens is 560 g/mol. The Kier molecular flexibility index (Phi) is 9.37. The average Bonchev–Trinajstić information content (AvgIpc) is 3.35.